The van der Waals surface area contributed by atoms with E-state index in [2.05, 4.69) is 32.6 Å². The zero-order valence-corrected chi connectivity index (χ0v) is 9.47. The van der Waals surface area contributed by atoms with Gasteiger partial charge < -0.3 is 4.79 Å². The Morgan fingerprint density at radius 1 is 1.14 bits per heavy atom. The van der Waals surface area contributed by atoms with Crippen molar-refractivity contribution >= 4 is 5.78 Å². The fraction of sp³-hybridized carbons (Fsp3) is 0.462. The zero-order valence-electron chi connectivity index (χ0n) is 9.47. The first kappa shape index (κ1) is 12.9. The predicted molar refractivity (Wildman–Crippen MR) is 62.2 cm³/mol. The summed E-state index contributed by atoms with van der Waals surface area (Å²) in [5, 5.41) is 0. The molecule has 0 aliphatic rings. The van der Waals surface area contributed by atoms with E-state index in [1.807, 2.05) is 6.08 Å². The van der Waals surface area contributed by atoms with Crippen molar-refractivity contribution in [2.75, 3.05) is 0 Å². The van der Waals surface area contributed by atoms with Crippen LogP contribution in [0.1, 0.15) is 40.0 Å². The third kappa shape index (κ3) is 7.53. The van der Waals surface area contributed by atoms with Crippen LogP contribution in [0, 0.1) is 0 Å². The number of ketones is 1. The van der Waals surface area contributed by atoms with Crippen molar-refractivity contribution in [1.29, 1.82) is 0 Å². The quantitative estimate of drug-likeness (QED) is 0.585. The van der Waals surface area contributed by atoms with Crippen LogP contribution >= 0.6 is 0 Å². The molecule has 14 heavy (non-hydrogen) atoms. The SMILES string of the molecule is C=C/C(=C\C=C(C)C)CCCC(C)=O. The van der Waals surface area contributed by atoms with Gasteiger partial charge in [-0.05, 0) is 39.2 Å². The molecule has 78 valence electrons. The molecule has 0 unspecified atom stereocenters. The molecule has 1 heteroatoms. The monoisotopic (exact) mass is 192 g/mol. The van der Waals surface area contributed by atoms with E-state index in [1.54, 1.807) is 6.92 Å². The highest BCUT2D eigenvalue weighted by molar-refractivity contribution is 5.75. The lowest BCUT2D eigenvalue weighted by molar-refractivity contribution is -0.117. The molecule has 0 aliphatic carbocycles. The van der Waals surface area contributed by atoms with Crippen LogP contribution < -0.4 is 0 Å². The van der Waals surface area contributed by atoms with Crippen LogP contribution in [0.5, 0.6) is 0 Å². The smallest absolute Gasteiger partial charge is 0.129 e. The van der Waals surface area contributed by atoms with E-state index in [0.29, 0.717) is 6.42 Å². The minimum Gasteiger partial charge on any atom is -0.300 e. The number of carbonyl (C=O) groups is 1. The van der Waals surface area contributed by atoms with Crippen LogP contribution in [-0.2, 0) is 4.79 Å². The first-order chi connectivity index (χ1) is 6.56. The van der Waals surface area contributed by atoms with E-state index in [4.69, 9.17) is 0 Å². The summed E-state index contributed by atoms with van der Waals surface area (Å²) < 4.78 is 0. The maximum Gasteiger partial charge on any atom is 0.129 e. The van der Waals surface area contributed by atoms with E-state index in [9.17, 15) is 4.79 Å². The van der Waals surface area contributed by atoms with Crippen molar-refractivity contribution in [1.82, 2.24) is 0 Å². The number of hydrogen-bond acceptors (Lipinski definition) is 1. The van der Waals surface area contributed by atoms with E-state index >= 15 is 0 Å². The highest BCUT2D eigenvalue weighted by Gasteiger charge is 1.95. The van der Waals surface area contributed by atoms with E-state index < -0.39 is 0 Å². The highest BCUT2D eigenvalue weighted by atomic mass is 16.1. The minimum atomic E-state index is 0.260. The average molecular weight is 192 g/mol. The molecule has 0 saturated heterocycles. The van der Waals surface area contributed by atoms with Gasteiger partial charge in [0.1, 0.15) is 5.78 Å². The summed E-state index contributed by atoms with van der Waals surface area (Å²) in [5.41, 5.74) is 2.48. The number of Topliss-reactive ketones (excluding diaryl/α,β-unsaturated/α-hetero) is 1. The van der Waals surface area contributed by atoms with Crippen LogP contribution in [0.25, 0.3) is 0 Å². The molecule has 0 aromatic carbocycles. The van der Waals surface area contributed by atoms with Crippen molar-refractivity contribution in [3.8, 4) is 0 Å². The lowest BCUT2D eigenvalue weighted by Gasteiger charge is -1.99. The lowest BCUT2D eigenvalue weighted by Crippen LogP contribution is -1.89. The van der Waals surface area contributed by atoms with Crippen LogP contribution in [0.3, 0.4) is 0 Å². The van der Waals surface area contributed by atoms with Gasteiger partial charge in [-0.3, -0.25) is 0 Å². The standard InChI is InChI=1S/C13H20O/c1-5-13(10-9-11(2)3)8-6-7-12(4)14/h5,9-10H,1,6-8H2,2-4H3/b13-10+. The average Bonchev–Trinajstić information content (AvgIpc) is 2.10. The molecule has 0 aromatic heterocycles. The molecular formula is C13H20O. The first-order valence-corrected chi connectivity index (χ1v) is 5.02. The van der Waals surface area contributed by atoms with Gasteiger partial charge in [0, 0.05) is 6.42 Å². The number of carbonyl (C=O) groups excluding carboxylic acids is 1. The summed E-state index contributed by atoms with van der Waals surface area (Å²) in [6, 6.07) is 0. The molecule has 0 saturated carbocycles. The fourth-order valence-corrected chi connectivity index (χ4v) is 1.07. The maximum atomic E-state index is 10.7. The van der Waals surface area contributed by atoms with E-state index in [1.165, 1.54) is 11.1 Å². The normalized spacial score (nSPS) is 10.9. The molecule has 0 spiro atoms. The van der Waals surface area contributed by atoms with Gasteiger partial charge in [-0.2, -0.15) is 0 Å². The molecule has 0 heterocycles. The molecule has 0 fully saturated rings. The van der Waals surface area contributed by atoms with Gasteiger partial charge in [0.25, 0.3) is 0 Å². The molecule has 0 bridgehead atoms. The second kappa shape index (κ2) is 7.31. The number of hydrogen-bond donors (Lipinski definition) is 0. The molecule has 0 amide bonds. The summed E-state index contributed by atoms with van der Waals surface area (Å²) in [4.78, 5) is 10.7. The Bertz CT molecular complexity index is 252. The Labute approximate surface area is 87.2 Å². The molecule has 0 rings (SSSR count). The maximum absolute atomic E-state index is 10.7. The van der Waals surface area contributed by atoms with Crippen molar-refractivity contribution < 1.29 is 4.79 Å². The second-order valence-corrected chi connectivity index (χ2v) is 3.75. The largest absolute Gasteiger partial charge is 0.300 e. The third-order valence-electron chi connectivity index (χ3n) is 1.89. The highest BCUT2D eigenvalue weighted by Crippen LogP contribution is 2.09. The van der Waals surface area contributed by atoms with Gasteiger partial charge in [0.2, 0.25) is 0 Å². The molecule has 0 atom stereocenters. The van der Waals surface area contributed by atoms with Gasteiger partial charge in [-0.25, -0.2) is 0 Å². The molecule has 1 nitrogen and oxygen atoms in total. The Morgan fingerprint density at radius 3 is 2.21 bits per heavy atom. The Hall–Kier alpha value is -1.11. The summed E-state index contributed by atoms with van der Waals surface area (Å²) in [5.74, 6) is 0.260. The van der Waals surface area contributed by atoms with E-state index in [0.717, 1.165) is 12.8 Å². The fourth-order valence-electron chi connectivity index (χ4n) is 1.07. The van der Waals surface area contributed by atoms with Crippen LogP contribution in [0.4, 0.5) is 0 Å². The Morgan fingerprint density at radius 2 is 1.79 bits per heavy atom. The van der Waals surface area contributed by atoms with Gasteiger partial charge in [-0.15, -0.1) is 0 Å². The summed E-state index contributed by atoms with van der Waals surface area (Å²) >= 11 is 0. The van der Waals surface area contributed by atoms with Crippen molar-refractivity contribution in [3.63, 3.8) is 0 Å². The minimum absolute atomic E-state index is 0.260. The van der Waals surface area contributed by atoms with Crippen molar-refractivity contribution in [2.45, 2.75) is 40.0 Å². The third-order valence-corrected chi connectivity index (χ3v) is 1.89. The predicted octanol–water partition coefficient (Wildman–Crippen LogP) is 3.82. The molecule has 0 aromatic rings. The zero-order chi connectivity index (χ0) is 11.0. The van der Waals surface area contributed by atoms with Crippen molar-refractivity contribution in [2.24, 2.45) is 0 Å². The van der Waals surface area contributed by atoms with E-state index in [-0.39, 0.29) is 5.78 Å². The number of rotatable bonds is 6. The lowest BCUT2D eigenvalue weighted by atomic mass is 10.1. The Balaban J connectivity index is 4.03. The van der Waals surface area contributed by atoms with Crippen molar-refractivity contribution in [3.05, 3.63) is 36.0 Å². The van der Waals surface area contributed by atoms with Gasteiger partial charge >= 0.3 is 0 Å². The van der Waals surface area contributed by atoms with Gasteiger partial charge in [0.15, 0.2) is 0 Å². The molecular weight excluding hydrogens is 172 g/mol. The molecule has 0 aliphatic heterocycles. The summed E-state index contributed by atoms with van der Waals surface area (Å²) in [6.45, 7) is 9.51. The van der Waals surface area contributed by atoms with Crippen LogP contribution in [0.2, 0.25) is 0 Å². The molecule has 0 radical (unpaired) electrons. The first-order valence-electron chi connectivity index (χ1n) is 5.02. The topological polar surface area (TPSA) is 17.1 Å². The van der Waals surface area contributed by atoms with Gasteiger partial charge in [0.05, 0.1) is 0 Å². The van der Waals surface area contributed by atoms with Crippen LogP contribution in [0.15, 0.2) is 36.0 Å². The Kier molecular flexibility index (Phi) is 6.73. The second-order valence-electron chi connectivity index (χ2n) is 3.75. The van der Waals surface area contributed by atoms with Gasteiger partial charge in [-0.1, -0.05) is 30.4 Å². The summed E-state index contributed by atoms with van der Waals surface area (Å²) in [7, 11) is 0. The molecule has 0 N–H and O–H groups in total. The number of allylic oxidation sites excluding steroid dienone is 5. The summed E-state index contributed by atoms with van der Waals surface area (Å²) in [6.07, 6.45) is 8.53. The van der Waals surface area contributed by atoms with Crippen LogP contribution in [-0.4, -0.2) is 5.78 Å².